The molecule has 2 aromatic rings. The Bertz CT molecular complexity index is 684. The fourth-order valence-corrected chi connectivity index (χ4v) is 2.65. The van der Waals surface area contributed by atoms with E-state index in [-0.39, 0.29) is 24.2 Å². The average molecular weight is 436 g/mol. The number of benzene rings is 2. The zero-order chi connectivity index (χ0) is 17.5. The van der Waals surface area contributed by atoms with E-state index in [1.165, 1.54) is 0 Å². The minimum atomic E-state index is -0.569. The van der Waals surface area contributed by atoms with Crippen LogP contribution in [0, 0.1) is 9.49 Å². The highest BCUT2D eigenvalue weighted by molar-refractivity contribution is 14.1. The summed E-state index contributed by atoms with van der Waals surface area (Å²) in [4.78, 5) is 24.7. The molecular formula is C19H21IN2O2. The molecule has 1 atom stereocenters. The molecule has 0 saturated carbocycles. The molecule has 0 aliphatic carbocycles. The number of carbonyl (C=O) groups is 2. The maximum atomic E-state index is 12.5. The number of carbonyl (C=O) groups excluding carboxylic acids is 2. The topological polar surface area (TPSA) is 58.2 Å². The first-order chi connectivity index (χ1) is 11.5. The van der Waals surface area contributed by atoms with Crippen LogP contribution in [-0.4, -0.2) is 17.9 Å². The van der Waals surface area contributed by atoms with Crippen LogP contribution in [0.1, 0.15) is 19.4 Å². The van der Waals surface area contributed by atoms with E-state index in [1.54, 1.807) is 0 Å². The van der Waals surface area contributed by atoms with Gasteiger partial charge in [0.1, 0.15) is 6.04 Å². The van der Waals surface area contributed by atoms with E-state index in [1.807, 2.05) is 68.4 Å². The Kier molecular flexibility index (Phi) is 6.78. The van der Waals surface area contributed by atoms with Crippen LogP contribution in [0.4, 0.5) is 5.69 Å². The third-order valence-electron chi connectivity index (χ3n) is 3.58. The van der Waals surface area contributed by atoms with Crippen LogP contribution in [0.3, 0.4) is 0 Å². The van der Waals surface area contributed by atoms with Gasteiger partial charge in [0.05, 0.1) is 6.42 Å². The van der Waals surface area contributed by atoms with Crippen molar-refractivity contribution in [3.8, 4) is 0 Å². The number of amides is 2. The van der Waals surface area contributed by atoms with Gasteiger partial charge >= 0.3 is 0 Å². The molecule has 0 spiro atoms. The second-order valence-corrected chi connectivity index (χ2v) is 7.19. The van der Waals surface area contributed by atoms with E-state index in [9.17, 15) is 9.59 Å². The highest BCUT2D eigenvalue weighted by Gasteiger charge is 2.24. The van der Waals surface area contributed by atoms with Crippen LogP contribution < -0.4 is 10.6 Å². The fraction of sp³-hybridized carbons (Fsp3) is 0.263. The zero-order valence-corrected chi connectivity index (χ0v) is 15.9. The van der Waals surface area contributed by atoms with Gasteiger partial charge in [-0.25, -0.2) is 0 Å². The molecule has 0 saturated heterocycles. The molecule has 0 radical (unpaired) electrons. The van der Waals surface area contributed by atoms with Crippen LogP contribution in [0.15, 0.2) is 54.6 Å². The molecule has 0 bridgehead atoms. The van der Waals surface area contributed by atoms with Crippen LogP contribution in [0.2, 0.25) is 0 Å². The Hall–Kier alpha value is -1.89. The predicted molar refractivity (Wildman–Crippen MR) is 105 cm³/mol. The number of anilines is 1. The highest BCUT2D eigenvalue weighted by atomic mass is 127. The Morgan fingerprint density at radius 2 is 1.62 bits per heavy atom. The second-order valence-electron chi connectivity index (χ2n) is 5.95. The fourth-order valence-electron chi connectivity index (χ4n) is 2.29. The van der Waals surface area contributed by atoms with E-state index >= 15 is 0 Å². The van der Waals surface area contributed by atoms with Gasteiger partial charge in [-0.05, 0) is 58.3 Å². The summed E-state index contributed by atoms with van der Waals surface area (Å²) in [6.45, 7) is 3.84. The first kappa shape index (κ1) is 18.4. The van der Waals surface area contributed by atoms with Crippen LogP contribution >= 0.6 is 22.6 Å². The minimum absolute atomic E-state index is 0.00595. The third-order valence-corrected chi connectivity index (χ3v) is 4.30. The SMILES string of the molecule is CC(C)[C@H](NC(=O)Cc1ccccc1)C(=O)Nc1ccc(I)cc1. The van der Waals surface area contributed by atoms with Crippen LogP contribution in [0.25, 0.3) is 0 Å². The Labute approximate surface area is 156 Å². The lowest BCUT2D eigenvalue weighted by molar-refractivity contribution is -0.127. The van der Waals surface area contributed by atoms with Crippen molar-refractivity contribution in [2.75, 3.05) is 5.32 Å². The van der Waals surface area contributed by atoms with E-state index in [0.717, 1.165) is 14.8 Å². The van der Waals surface area contributed by atoms with Gasteiger partial charge in [-0.3, -0.25) is 9.59 Å². The van der Waals surface area contributed by atoms with Gasteiger partial charge in [0, 0.05) is 9.26 Å². The largest absolute Gasteiger partial charge is 0.344 e. The number of hydrogen-bond acceptors (Lipinski definition) is 2. The van der Waals surface area contributed by atoms with Crippen molar-refractivity contribution in [3.05, 3.63) is 63.7 Å². The van der Waals surface area contributed by atoms with Gasteiger partial charge in [0.2, 0.25) is 11.8 Å². The van der Waals surface area contributed by atoms with E-state index in [4.69, 9.17) is 0 Å². The van der Waals surface area contributed by atoms with Gasteiger partial charge in [-0.15, -0.1) is 0 Å². The second kappa shape index (κ2) is 8.82. The van der Waals surface area contributed by atoms with Gasteiger partial charge in [0.25, 0.3) is 0 Å². The summed E-state index contributed by atoms with van der Waals surface area (Å²) in [5.74, 6) is -0.362. The quantitative estimate of drug-likeness (QED) is 0.680. The third kappa shape index (κ3) is 5.63. The molecule has 24 heavy (non-hydrogen) atoms. The molecule has 4 nitrogen and oxygen atoms in total. The minimum Gasteiger partial charge on any atom is -0.344 e. The van der Waals surface area contributed by atoms with Gasteiger partial charge in [-0.2, -0.15) is 0 Å². The van der Waals surface area contributed by atoms with Crippen molar-refractivity contribution in [1.82, 2.24) is 5.32 Å². The van der Waals surface area contributed by atoms with Crippen molar-refractivity contribution in [1.29, 1.82) is 0 Å². The number of nitrogens with one attached hydrogen (secondary N) is 2. The lowest BCUT2D eigenvalue weighted by Gasteiger charge is -2.22. The maximum absolute atomic E-state index is 12.5. The first-order valence-electron chi connectivity index (χ1n) is 7.85. The van der Waals surface area contributed by atoms with Crippen molar-refractivity contribution in [3.63, 3.8) is 0 Å². The summed E-state index contributed by atoms with van der Waals surface area (Å²) in [5.41, 5.74) is 1.65. The molecule has 2 aromatic carbocycles. The molecule has 0 aromatic heterocycles. The predicted octanol–water partition coefficient (Wildman–Crippen LogP) is 3.61. The van der Waals surface area contributed by atoms with Gasteiger partial charge in [0.15, 0.2) is 0 Å². The average Bonchev–Trinajstić information content (AvgIpc) is 2.55. The molecule has 5 heteroatoms. The van der Waals surface area contributed by atoms with Crippen molar-refractivity contribution in [2.45, 2.75) is 26.3 Å². The normalized spacial score (nSPS) is 11.8. The van der Waals surface area contributed by atoms with Crippen molar-refractivity contribution >= 4 is 40.1 Å². The molecule has 0 fully saturated rings. The zero-order valence-electron chi connectivity index (χ0n) is 13.8. The van der Waals surface area contributed by atoms with Crippen molar-refractivity contribution < 1.29 is 9.59 Å². The lowest BCUT2D eigenvalue weighted by atomic mass is 10.0. The number of hydrogen-bond donors (Lipinski definition) is 2. The molecule has 0 aliphatic rings. The Morgan fingerprint density at radius 1 is 1.00 bits per heavy atom. The van der Waals surface area contributed by atoms with Gasteiger partial charge < -0.3 is 10.6 Å². The summed E-state index contributed by atoms with van der Waals surface area (Å²) >= 11 is 2.21. The molecule has 0 unspecified atom stereocenters. The lowest BCUT2D eigenvalue weighted by Crippen LogP contribution is -2.47. The highest BCUT2D eigenvalue weighted by Crippen LogP contribution is 2.13. The van der Waals surface area contributed by atoms with Crippen LogP contribution in [0.5, 0.6) is 0 Å². The first-order valence-corrected chi connectivity index (χ1v) is 8.93. The summed E-state index contributed by atoms with van der Waals surface area (Å²) in [7, 11) is 0. The molecule has 2 amide bonds. The Morgan fingerprint density at radius 3 is 2.21 bits per heavy atom. The standard InChI is InChI=1S/C19H21IN2O2/c1-13(2)18(19(24)21-16-10-8-15(20)9-11-16)22-17(23)12-14-6-4-3-5-7-14/h3-11,13,18H,12H2,1-2H3,(H,21,24)(H,22,23)/t18-/m0/s1. The molecular weight excluding hydrogens is 415 g/mol. The summed E-state index contributed by atoms with van der Waals surface area (Å²) < 4.78 is 1.10. The molecule has 126 valence electrons. The smallest absolute Gasteiger partial charge is 0.247 e. The van der Waals surface area contributed by atoms with Crippen molar-refractivity contribution in [2.24, 2.45) is 5.92 Å². The number of halogens is 1. The molecule has 2 rings (SSSR count). The molecule has 0 aliphatic heterocycles. The van der Waals surface area contributed by atoms with E-state index in [2.05, 4.69) is 33.2 Å². The maximum Gasteiger partial charge on any atom is 0.247 e. The van der Waals surface area contributed by atoms with Gasteiger partial charge in [-0.1, -0.05) is 44.2 Å². The van der Waals surface area contributed by atoms with Crippen LogP contribution in [-0.2, 0) is 16.0 Å². The molecule has 2 N–H and O–H groups in total. The summed E-state index contributed by atoms with van der Waals surface area (Å²) in [6.07, 6.45) is 0.265. The Balaban J connectivity index is 1.98. The monoisotopic (exact) mass is 436 g/mol. The molecule has 0 heterocycles. The van der Waals surface area contributed by atoms with E-state index in [0.29, 0.717) is 0 Å². The van der Waals surface area contributed by atoms with E-state index < -0.39 is 6.04 Å². The summed E-state index contributed by atoms with van der Waals surface area (Å²) in [5, 5.41) is 5.71. The summed E-state index contributed by atoms with van der Waals surface area (Å²) in [6, 6.07) is 16.5. The number of rotatable bonds is 6.